The monoisotopic (exact) mass is 264 g/mol. The summed E-state index contributed by atoms with van der Waals surface area (Å²) in [6.45, 7) is 0. The van der Waals surface area contributed by atoms with Crippen molar-refractivity contribution < 1.29 is 30.7 Å². The quantitative estimate of drug-likeness (QED) is 0.658. The molecule has 0 aliphatic heterocycles. The van der Waals surface area contributed by atoms with Gasteiger partial charge in [-0.3, -0.25) is 0 Å². The van der Waals surface area contributed by atoms with Crippen LogP contribution in [0, 0.1) is 0 Å². The van der Waals surface area contributed by atoms with Gasteiger partial charge < -0.3 is 0 Å². The molecule has 14 heavy (non-hydrogen) atoms. The number of halogens is 9. The van der Waals surface area contributed by atoms with Crippen LogP contribution in [0.1, 0.15) is 0 Å². The summed E-state index contributed by atoms with van der Waals surface area (Å²) in [5.74, 6) is -5.10. The van der Waals surface area contributed by atoms with Crippen molar-refractivity contribution in [3.05, 3.63) is 10.1 Å². The second-order valence-electron chi connectivity index (χ2n) is 2.05. The number of hydrogen-bond donors (Lipinski definition) is 0. The number of alkyl halides is 7. The van der Waals surface area contributed by atoms with E-state index in [9.17, 15) is 30.7 Å². The highest BCUT2D eigenvalue weighted by Gasteiger charge is 2.50. The van der Waals surface area contributed by atoms with E-state index in [0.29, 0.717) is 0 Å². The molecule has 0 aromatic heterocycles. The highest BCUT2D eigenvalue weighted by molar-refractivity contribution is 6.40. The molecular weight excluding hydrogens is 264 g/mol. The van der Waals surface area contributed by atoms with Crippen LogP contribution in [0.4, 0.5) is 30.7 Å². The van der Waals surface area contributed by atoms with Gasteiger partial charge in [-0.2, -0.15) is 22.0 Å². The summed E-state index contributed by atoms with van der Waals surface area (Å²) in [7, 11) is 0. The summed E-state index contributed by atoms with van der Waals surface area (Å²) in [5, 5.41) is -4.87. The number of rotatable bonds is 2. The average Bonchev–Trinajstić information content (AvgIpc) is 1.99. The molecule has 84 valence electrons. The third-order valence-corrected chi connectivity index (χ3v) is 1.95. The maximum absolute atomic E-state index is 12.2. The van der Waals surface area contributed by atoms with Gasteiger partial charge in [-0.05, 0) is 0 Å². The molecule has 0 aliphatic carbocycles. The van der Waals surface area contributed by atoms with E-state index < -0.39 is 28.6 Å². The first-order valence-corrected chi connectivity index (χ1v) is 3.55. The van der Waals surface area contributed by atoms with E-state index in [4.69, 9.17) is 0 Å². The predicted octanol–water partition coefficient (Wildman–Crippen LogP) is 4.14. The summed E-state index contributed by atoms with van der Waals surface area (Å²) in [4.78, 5) is 0. The molecule has 0 fully saturated rings. The molecule has 0 aliphatic rings. The smallest absolute Gasteiger partial charge is 0.203 e. The molecule has 0 spiro atoms. The summed E-state index contributed by atoms with van der Waals surface area (Å²) in [5.41, 5.74) is 0. The van der Waals surface area contributed by atoms with Crippen molar-refractivity contribution in [3.63, 3.8) is 0 Å². The molecule has 0 rings (SSSR count). The highest BCUT2D eigenvalue weighted by Crippen LogP contribution is 2.42. The van der Waals surface area contributed by atoms with Crippen LogP contribution in [0.15, 0.2) is 10.1 Å². The zero-order valence-corrected chi connectivity index (χ0v) is 7.49. The van der Waals surface area contributed by atoms with Gasteiger partial charge in [-0.15, -0.1) is 0 Å². The summed E-state index contributed by atoms with van der Waals surface area (Å²) in [6.07, 6.45) is -9.73. The lowest BCUT2D eigenvalue weighted by Gasteiger charge is -2.16. The fourth-order valence-corrected chi connectivity index (χ4v) is 0.682. The molecule has 0 heterocycles. The van der Waals surface area contributed by atoms with Gasteiger partial charge in [0.05, 0.1) is 0 Å². The fraction of sp³-hybridized carbons (Fsp3) is 0.600. The Kier molecular flexibility index (Phi) is 4.09. The summed E-state index contributed by atoms with van der Waals surface area (Å²) in [6, 6.07) is 0. The van der Waals surface area contributed by atoms with Crippen LogP contribution in [-0.2, 0) is 0 Å². The van der Waals surface area contributed by atoms with Crippen LogP contribution in [0.25, 0.3) is 0 Å². The molecule has 9 heteroatoms. The van der Waals surface area contributed by atoms with Crippen LogP contribution >= 0.6 is 23.2 Å². The first-order valence-electron chi connectivity index (χ1n) is 2.80. The second-order valence-corrected chi connectivity index (χ2v) is 2.81. The first kappa shape index (κ1) is 13.8. The van der Waals surface area contributed by atoms with Crippen molar-refractivity contribution in [1.29, 1.82) is 0 Å². The minimum absolute atomic E-state index is 2.42. The van der Waals surface area contributed by atoms with Crippen molar-refractivity contribution in [2.24, 2.45) is 0 Å². The van der Waals surface area contributed by atoms with E-state index in [1.165, 1.54) is 0 Å². The summed E-state index contributed by atoms with van der Waals surface area (Å²) < 4.78 is 82.3. The molecule has 0 bridgehead atoms. The third-order valence-electron chi connectivity index (χ3n) is 1.01. The molecule has 0 aromatic carbocycles. The van der Waals surface area contributed by atoms with Gasteiger partial charge in [0.25, 0.3) is 0 Å². The molecular formula is C5HCl2F7. The van der Waals surface area contributed by atoms with Crippen molar-refractivity contribution >= 4 is 23.2 Å². The maximum atomic E-state index is 12.2. The molecule has 0 radical (unpaired) electrons. The van der Waals surface area contributed by atoms with Crippen molar-refractivity contribution in [2.75, 3.05) is 0 Å². The SMILES string of the molecule is FC(F)C(F)(F)C(Cl)=C(Cl)C(F)(F)F. The van der Waals surface area contributed by atoms with Gasteiger partial charge in [0.2, 0.25) is 0 Å². The Bertz CT molecular complexity index is 241. The Morgan fingerprint density at radius 2 is 1.21 bits per heavy atom. The average molecular weight is 265 g/mol. The molecule has 0 saturated heterocycles. The van der Waals surface area contributed by atoms with Crippen molar-refractivity contribution in [1.82, 2.24) is 0 Å². The van der Waals surface area contributed by atoms with Crippen LogP contribution in [-0.4, -0.2) is 18.5 Å². The Morgan fingerprint density at radius 1 is 0.857 bits per heavy atom. The molecule has 0 atom stereocenters. The van der Waals surface area contributed by atoms with Gasteiger partial charge in [0.15, 0.2) is 0 Å². The predicted molar refractivity (Wildman–Crippen MR) is 35.7 cm³/mol. The van der Waals surface area contributed by atoms with Gasteiger partial charge >= 0.3 is 18.5 Å². The normalized spacial score (nSPS) is 15.9. The van der Waals surface area contributed by atoms with Crippen LogP contribution in [0.2, 0.25) is 0 Å². The van der Waals surface area contributed by atoms with Gasteiger partial charge in [0.1, 0.15) is 10.1 Å². The fourth-order valence-electron chi connectivity index (χ4n) is 0.367. The van der Waals surface area contributed by atoms with Crippen molar-refractivity contribution in [3.8, 4) is 0 Å². The second kappa shape index (κ2) is 4.14. The molecule has 0 amide bonds. The van der Waals surface area contributed by atoms with Crippen LogP contribution < -0.4 is 0 Å². The minimum atomic E-state index is -5.38. The van der Waals surface area contributed by atoms with E-state index in [2.05, 4.69) is 23.2 Å². The van der Waals surface area contributed by atoms with Crippen LogP contribution in [0.3, 0.4) is 0 Å². The molecule has 0 nitrogen and oxygen atoms in total. The molecule has 0 aromatic rings. The van der Waals surface area contributed by atoms with E-state index in [0.717, 1.165) is 0 Å². The largest absolute Gasteiger partial charge is 0.428 e. The van der Waals surface area contributed by atoms with E-state index >= 15 is 0 Å². The molecule has 0 unspecified atom stereocenters. The van der Waals surface area contributed by atoms with Gasteiger partial charge in [-0.1, -0.05) is 23.2 Å². The van der Waals surface area contributed by atoms with E-state index in [-0.39, 0.29) is 0 Å². The maximum Gasteiger partial charge on any atom is 0.428 e. The highest BCUT2D eigenvalue weighted by atomic mass is 35.5. The van der Waals surface area contributed by atoms with Crippen molar-refractivity contribution in [2.45, 2.75) is 18.5 Å². The van der Waals surface area contributed by atoms with E-state index in [1.54, 1.807) is 0 Å². The Balaban J connectivity index is 5.21. The Labute approximate surface area is 83.3 Å². The lowest BCUT2D eigenvalue weighted by Crippen LogP contribution is -2.29. The van der Waals surface area contributed by atoms with Crippen LogP contribution in [0.5, 0.6) is 0 Å². The number of allylic oxidation sites excluding steroid dienone is 2. The van der Waals surface area contributed by atoms with E-state index in [1.807, 2.05) is 0 Å². The Morgan fingerprint density at radius 3 is 1.43 bits per heavy atom. The third kappa shape index (κ3) is 2.91. The topological polar surface area (TPSA) is 0 Å². The minimum Gasteiger partial charge on any atom is -0.203 e. The zero-order valence-electron chi connectivity index (χ0n) is 5.98. The lowest BCUT2D eigenvalue weighted by atomic mass is 10.3. The molecule has 0 saturated carbocycles. The number of hydrogen-bond acceptors (Lipinski definition) is 0. The zero-order chi connectivity index (χ0) is 11.7. The summed E-state index contributed by atoms with van der Waals surface area (Å²) >= 11 is 8.75. The first-order chi connectivity index (χ1) is 6.01. The lowest BCUT2D eigenvalue weighted by molar-refractivity contribution is -0.107. The van der Waals surface area contributed by atoms with Gasteiger partial charge in [-0.25, -0.2) is 8.78 Å². The standard InChI is InChI=1S/C5HCl2F7/c6-1(2(7)5(12,13)14)4(10,11)3(8)9/h3H. The van der Waals surface area contributed by atoms with Gasteiger partial charge in [0, 0.05) is 0 Å². The Hall–Kier alpha value is -0.170. The molecule has 0 N–H and O–H groups in total.